The molecule has 0 unspecified atom stereocenters. The molecule has 0 saturated carbocycles. The maximum atomic E-state index is 12.3. The summed E-state index contributed by atoms with van der Waals surface area (Å²) in [5.74, 6) is 0.527. The average Bonchev–Trinajstić information content (AvgIpc) is 2.90. The third kappa shape index (κ3) is 2.89. The maximum absolute atomic E-state index is 12.3. The number of hydrogen-bond donors (Lipinski definition) is 0. The van der Waals surface area contributed by atoms with Gasteiger partial charge in [0.15, 0.2) is 11.5 Å². The van der Waals surface area contributed by atoms with E-state index < -0.39 is 0 Å². The van der Waals surface area contributed by atoms with Crippen molar-refractivity contribution in [3.8, 4) is 0 Å². The third-order valence-corrected chi connectivity index (χ3v) is 3.74. The van der Waals surface area contributed by atoms with E-state index in [4.69, 9.17) is 4.42 Å². The fraction of sp³-hybridized carbons (Fsp3) is 0.211. The van der Waals surface area contributed by atoms with Crippen LogP contribution in [-0.2, 0) is 6.42 Å². The fourth-order valence-corrected chi connectivity index (χ4v) is 2.60. The van der Waals surface area contributed by atoms with Gasteiger partial charge in [-0.15, -0.1) is 0 Å². The van der Waals surface area contributed by atoms with Crippen LogP contribution in [0, 0.1) is 13.8 Å². The van der Waals surface area contributed by atoms with Gasteiger partial charge < -0.3 is 4.42 Å². The lowest BCUT2D eigenvalue weighted by atomic mass is 10.0. The van der Waals surface area contributed by atoms with Crippen LogP contribution < -0.4 is 0 Å². The molecular formula is C19H18O2. The number of furan rings is 1. The van der Waals surface area contributed by atoms with Crippen molar-refractivity contribution >= 4 is 16.8 Å². The molecule has 3 aromatic rings. The molecule has 0 atom stereocenters. The zero-order valence-corrected chi connectivity index (χ0v) is 12.3. The minimum atomic E-state index is 0.0621. The van der Waals surface area contributed by atoms with Crippen LogP contribution in [-0.4, -0.2) is 5.78 Å². The Balaban J connectivity index is 1.76. The molecule has 0 amide bonds. The van der Waals surface area contributed by atoms with Crippen LogP contribution in [0.15, 0.2) is 52.9 Å². The van der Waals surface area contributed by atoms with E-state index in [9.17, 15) is 4.79 Å². The van der Waals surface area contributed by atoms with Gasteiger partial charge in [0, 0.05) is 11.8 Å². The van der Waals surface area contributed by atoms with Gasteiger partial charge in [-0.2, -0.15) is 0 Å². The van der Waals surface area contributed by atoms with E-state index in [1.165, 1.54) is 11.1 Å². The Morgan fingerprint density at radius 3 is 2.62 bits per heavy atom. The first-order valence-electron chi connectivity index (χ1n) is 7.21. The summed E-state index contributed by atoms with van der Waals surface area (Å²) in [6, 6.07) is 16.1. The molecular weight excluding hydrogens is 260 g/mol. The molecule has 21 heavy (non-hydrogen) atoms. The van der Waals surface area contributed by atoms with Crippen LogP contribution in [0.2, 0.25) is 0 Å². The summed E-state index contributed by atoms with van der Waals surface area (Å²) in [5.41, 5.74) is 4.29. The molecule has 0 saturated heterocycles. The largest absolute Gasteiger partial charge is 0.453 e. The number of rotatable bonds is 4. The highest BCUT2D eigenvalue weighted by Gasteiger charge is 2.13. The van der Waals surface area contributed by atoms with Gasteiger partial charge in [-0.1, -0.05) is 48.0 Å². The Morgan fingerprint density at radius 2 is 1.86 bits per heavy atom. The van der Waals surface area contributed by atoms with Gasteiger partial charge in [-0.25, -0.2) is 0 Å². The Kier molecular flexibility index (Phi) is 3.61. The van der Waals surface area contributed by atoms with Gasteiger partial charge in [-0.3, -0.25) is 4.79 Å². The van der Waals surface area contributed by atoms with Crippen LogP contribution in [0.25, 0.3) is 11.0 Å². The number of benzene rings is 2. The molecule has 0 aliphatic rings. The van der Waals surface area contributed by atoms with Crippen LogP contribution >= 0.6 is 0 Å². The molecule has 0 radical (unpaired) electrons. The number of ketones is 1. The molecule has 0 aliphatic carbocycles. The van der Waals surface area contributed by atoms with Gasteiger partial charge in [0.1, 0.15) is 5.58 Å². The summed E-state index contributed by atoms with van der Waals surface area (Å²) in [6.45, 7) is 4.06. The highest BCUT2D eigenvalue weighted by atomic mass is 16.3. The molecule has 1 heterocycles. The Morgan fingerprint density at radius 1 is 1.05 bits per heavy atom. The molecule has 1 aromatic heterocycles. The number of carbonyl (C=O) groups is 1. The number of hydrogen-bond acceptors (Lipinski definition) is 2. The highest BCUT2D eigenvalue weighted by Crippen LogP contribution is 2.23. The molecule has 0 N–H and O–H groups in total. The zero-order valence-electron chi connectivity index (χ0n) is 12.3. The third-order valence-electron chi connectivity index (χ3n) is 3.74. The summed E-state index contributed by atoms with van der Waals surface area (Å²) in [7, 11) is 0. The second kappa shape index (κ2) is 5.57. The lowest BCUT2D eigenvalue weighted by molar-refractivity contribution is 0.0958. The maximum Gasteiger partial charge on any atom is 0.198 e. The SMILES string of the molecule is Cc1cccc(CCC(=O)c2cc3cccc(C)c3o2)c1. The van der Waals surface area contributed by atoms with Crippen LogP contribution in [0.5, 0.6) is 0 Å². The molecule has 3 rings (SSSR count). The lowest BCUT2D eigenvalue weighted by Gasteiger charge is -2.01. The van der Waals surface area contributed by atoms with E-state index in [0.717, 1.165) is 23.0 Å². The van der Waals surface area contributed by atoms with Crippen LogP contribution in [0.1, 0.15) is 33.7 Å². The van der Waals surface area contributed by atoms with Gasteiger partial charge in [0.2, 0.25) is 0 Å². The Bertz CT molecular complexity index is 796. The van der Waals surface area contributed by atoms with Gasteiger partial charge >= 0.3 is 0 Å². The number of para-hydroxylation sites is 1. The first-order chi connectivity index (χ1) is 10.1. The summed E-state index contributed by atoms with van der Waals surface area (Å²) in [6.07, 6.45) is 1.22. The number of aryl methyl sites for hydroxylation is 3. The predicted molar refractivity (Wildman–Crippen MR) is 84.8 cm³/mol. The predicted octanol–water partition coefficient (Wildman–Crippen LogP) is 4.87. The number of fused-ring (bicyclic) bond motifs is 1. The van der Waals surface area contributed by atoms with E-state index in [1.807, 2.05) is 37.3 Å². The van der Waals surface area contributed by atoms with Gasteiger partial charge in [-0.05, 0) is 37.5 Å². The van der Waals surface area contributed by atoms with E-state index in [2.05, 4.69) is 25.1 Å². The van der Waals surface area contributed by atoms with Gasteiger partial charge in [0.25, 0.3) is 0 Å². The summed E-state index contributed by atoms with van der Waals surface area (Å²) in [4.78, 5) is 12.3. The van der Waals surface area contributed by atoms with Crippen molar-refractivity contribution in [1.82, 2.24) is 0 Å². The van der Waals surface area contributed by atoms with Crippen molar-refractivity contribution < 1.29 is 9.21 Å². The monoisotopic (exact) mass is 278 g/mol. The smallest absolute Gasteiger partial charge is 0.198 e. The summed E-state index contributed by atoms with van der Waals surface area (Å²) < 4.78 is 5.72. The topological polar surface area (TPSA) is 30.2 Å². The molecule has 0 bridgehead atoms. The molecule has 0 aliphatic heterocycles. The molecule has 106 valence electrons. The average molecular weight is 278 g/mol. The normalized spacial score (nSPS) is 11.0. The lowest BCUT2D eigenvalue weighted by Crippen LogP contribution is -1.99. The quantitative estimate of drug-likeness (QED) is 0.638. The number of Topliss-reactive ketones (excluding diaryl/α,β-unsaturated/α-hetero) is 1. The molecule has 0 fully saturated rings. The summed E-state index contributed by atoms with van der Waals surface area (Å²) in [5, 5.41) is 0.994. The van der Waals surface area contributed by atoms with Crippen molar-refractivity contribution in [3.05, 3.63) is 71.0 Å². The second-order valence-corrected chi connectivity index (χ2v) is 5.52. The minimum absolute atomic E-state index is 0.0621. The molecule has 2 nitrogen and oxygen atoms in total. The highest BCUT2D eigenvalue weighted by molar-refractivity contribution is 5.98. The van der Waals surface area contributed by atoms with Crippen molar-refractivity contribution in [2.24, 2.45) is 0 Å². The van der Waals surface area contributed by atoms with Crippen molar-refractivity contribution in [2.45, 2.75) is 26.7 Å². The van der Waals surface area contributed by atoms with Crippen molar-refractivity contribution in [3.63, 3.8) is 0 Å². The Hall–Kier alpha value is -2.35. The van der Waals surface area contributed by atoms with E-state index in [0.29, 0.717) is 12.2 Å². The Labute approximate surface area is 124 Å². The number of carbonyl (C=O) groups excluding carboxylic acids is 1. The van der Waals surface area contributed by atoms with E-state index in [-0.39, 0.29) is 5.78 Å². The van der Waals surface area contributed by atoms with Crippen molar-refractivity contribution in [1.29, 1.82) is 0 Å². The van der Waals surface area contributed by atoms with Crippen molar-refractivity contribution in [2.75, 3.05) is 0 Å². The van der Waals surface area contributed by atoms with Crippen LogP contribution in [0.3, 0.4) is 0 Å². The standard InChI is InChI=1S/C19H18O2/c1-13-5-3-7-15(11-13)9-10-17(20)18-12-16-8-4-6-14(2)19(16)21-18/h3-8,11-12H,9-10H2,1-2H3. The molecule has 2 aromatic carbocycles. The van der Waals surface area contributed by atoms with Gasteiger partial charge in [0.05, 0.1) is 0 Å². The van der Waals surface area contributed by atoms with E-state index >= 15 is 0 Å². The molecule has 0 spiro atoms. The van der Waals surface area contributed by atoms with Crippen LogP contribution in [0.4, 0.5) is 0 Å². The molecule has 2 heteroatoms. The summed E-state index contributed by atoms with van der Waals surface area (Å²) >= 11 is 0. The minimum Gasteiger partial charge on any atom is -0.453 e. The fourth-order valence-electron chi connectivity index (χ4n) is 2.60. The zero-order chi connectivity index (χ0) is 14.8. The van der Waals surface area contributed by atoms with E-state index in [1.54, 1.807) is 0 Å². The second-order valence-electron chi connectivity index (χ2n) is 5.52. The first-order valence-corrected chi connectivity index (χ1v) is 7.21. The first kappa shape index (κ1) is 13.6.